The van der Waals surface area contributed by atoms with E-state index in [4.69, 9.17) is 0 Å². The van der Waals surface area contributed by atoms with Crippen LogP contribution in [-0.4, -0.2) is 0 Å². The zero-order valence-electron chi connectivity index (χ0n) is 38.0. The Morgan fingerprint density at radius 1 is 0.217 bits per heavy atom. The Bertz CT molecular complexity index is 3560. The second-order valence-electron chi connectivity index (χ2n) is 18.0. The molecule has 13 rings (SSSR count). The van der Waals surface area contributed by atoms with Crippen molar-refractivity contribution >= 4 is 34.1 Å². The predicted octanol–water partition coefficient (Wildman–Crippen LogP) is 18.0. The molecule has 0 aliphatic heterocycles. The zero-order valence-corrected chi connectivity index (χ0v) is 38.0. The Morgan fingerprint density at radius 3 is 1.22 bits per heavy atom. The largest absolute Gasteiger partial charge is 0.310 e. The monoisotopic (exact) mass is 878 g/mol. The summed E-state index contributed by atoms with van der Waals surface area (Å²) in [5.74, 6) is 0. The van der Waals surface area contributed by atoms with Crippen LogP contribution in [0.4, 0.5) is 34.1 Å². The summed E-state index contributed by atoms with van der Waals surface area (Å²) >= 11 is 0. The van der Waals surface area contributed by atoms with Crippen molar-refractivity contribution in [1.29, 1.82) is 0 Å². The average Bonchev–Trinajstić information content (AvgIpc) is 3.90. The maximum Gasteiger partial charge on any atom is 0.0727 e. The molecule has 0 bridgehead atoms. The molecule has 0 N–H and O–H groups in total. The van der Waals surface area contributed by atoms with Crippen molar-refractivity contribution in [2.45, 2.75) is 5.41 Å². The first-order valence-corrected chi connectivity index (χ1v) is 23.8. The van der Waals surface area contributed by atoms with Gasteiger partial charge in [0.05, 0.1) is 16.8 Å². The number of benzene rings is 11. The summed E-state index contributed by atoms with van der Waals surface area (Å²) < 4.78 is 0. The molecule has 0 saturated heterocycles. The lowest BCUT2D eigenvalue weighted by atomic mass is 9.70. The quantitative estimate of drug-likeness (QED) is 0.143. The van der Waals surface area contributed by atoms with E-state index >= 15 is 0 Å². The smallest absolute Gasteiger partial charge is 0.0727 e. The van der Waals surface area contributed by atoms with Crippen LogP contribution in [0.1, 0.15) is 22.3 Å². The van der Waals surface area contributed by atoms with Crippen LogP contribution in [0, 0.1) is 0 Å². The minimum atomic E-state index is -0.592. The standard InChI is InChI=1S/C67H46N2/c1-5-20-47(21-6-1)49-36-40-53(41-37-49)68(54-42-38-50(39-43-54)48-22-7-2-8-23-48)65-35-19-33-62-66(65)59-30-14-17-32-61(59)67(62)60-31-16-13-29-57(60)58-45-44-55(46-63(58)67)69(52-26-11-4-12-27-52)64-34-18-15-28-56(64)51-24-9-3-10-25-51/h1-46H. The minimum absolute atomic E-state index is 0.592. The van der Waals surface area contributed by atoms with Gasteiger partial charge in [0.25, 0.3) is 0 Å². The molecule has 1 spiro atoms. The van der Waals surface area contributed by atoms with E-state index in [0.29, 0.717) is 0 Å². The van der Waals surface area contributed by atoms with E-state index in [1.807, 2.05) is 0 Å². The van der Waals surface area contributed by atoms with Gasteiger partial charge >= 0.3 is 0 Å². The highest BCUT2D eigenvalue weighted by Gasteiger charge is 2.52. The van der Waals surface area contributed by atoms with Crippen LogP contribution in [0.5, 0.6) is 0 Å². The molecule has 2 nitrogen and oxygen atoms in total. The van der Waals surface area contributed by atoms with Gasteiger partial charge in [0, 0.05) is 33.9 Å². The topological polar surface area (TPSA) is 6.48 Å². The van der Waals surface area contributed by atoms with E-state index in [9.17, 15) is 0 Å². The fourth-order valence-corrected chi connectivity index (χ4v) is 11.3. The lowest BCUT2D eigenvalue weighted by Gasteiger charge is -2.33. The molecule has 2 aliphatic carbocycles. The van der Waals surface area contributed by atoms with E-state index in [0.717, 1.165) is 34.1 Å². The van der Waals surface area contributed by atoms with Gasteiger partial charge in [-0.1, -0.05) is 218 Å². The van der Waals surface area contributed by atoms with Gasteiger partial charge in [-0.15, -0.1) is 0 Å². The van der Waals surface area contributed by atoms with E-state index < -0.39 is 5.41 Å². The van der Waals surface area contributed by atoms with Crippen molar-refractivity contribution in [3.05, 3.63) is 301 Å². The molecule has 1 atom stereocenters. The van der Waals surface area contributed by atoms with Gasteiger partial charge in [0.1, 0.15) is 0 Å². The van der Waals surface area contributed by atoms with Gasteiger partial charge in [-0.25, -0.2) is 0 Å². The zero-order chi connectivity index (χ0) is 45.7. The van der Waals surface area contributed by atoms with Crippen molar-refractivity contribution in [3.63, 3.8) is 0 Å². The highest BCUT2D eigenvalue weighted by atomic mass is 15.2. The Balaban J connectivity index is 1.04. The van der Waals surface area contributed by atoms with Gasteiger partial charge in [0.2, 0.25) is 0 Å². The predicted molar refractivity (Wildman–Crippen MR) is 288 cm³/mol. The SMILES string of the molecule is c1ccc(-c2ccc(N(c3ccc(-c4ccccc4)cc3)c3cccc4c3-c3ccccc3C43c4ccccc4-c4ccc(N(c5ccccc5)c5ccccc5-c5ccccc5)cc43)cc2)cc1. The molecule has 0 radical (unpaired) electrons. The fraction of sp³-hybridized carbons (Fsp3) is 0.0149. The molecule has 0 heterocycles. The molecule has 2 aliphatic rings. The van der Waals surface area contributed by atoms with Crippen molar-refractivity contribution in [2.24, 2.45) is 0 Å². The third-order valence-corrected chi connectivity index (χ3v) is 14.3. The van der Waals surface area contributed by atoms with Crippen molar-refractivity contribution in [1.82, 2.24) is 0 Å². The maximum atomic E-state index is 2.49. The first kappa shape index (κ1) is 40.3. The molecular weight excluding hydrogens is 833 g/mol. The van der Waals surface area contributed by atoms with Gasteiger partial charge in [-0.05, 0) is 127 Å². The van der Waals surface area contributed by atoms with E-state index in [-0.39, 0.29) is 0 Å². The summed E-state index contributed by atoms with van der Waals surface area (Å²) in [5, 5.41) is 0. The molecule has 324 valence electrons. The molecule has 2 heteroatoms. The Hall–Kier alpha value is -8.98. The van der Waals surface area contributed by atoms with Crippen LogP contribution in [0.25, 0.3) is 55.6 Å². The summed E-state index contributed by atoms with van der Waals surface area (Å²) in [6.07, 6.45) is 0. The molecule has 0 amide bonds. The van der Waals surface area contributed by atoms with Crippen LogP contribution in [0.2, 0.25) is 0 Å². The lowest BCUT2D eigenvalue weighted by Crippen LogP contribution is -2.26. The van der Waals surface area contributed by atoms with Crippen molar-refractivity contribution < 1.29 is 0 Å². The third-order valence-electron chi connectivity index (χ3n) is 14.3. The van der Waals surface area contributed by atoms with Crippen LogP contribution in [0.3, 0.4) is 0 Å². The summed E-state index contributed by atoms with van der Waals surface area (Å²) in [7, 11) is 0. The first-order chi connectivity index (χ1) is 34.3. The number of para-hydroxylation sites is 2. The highest BCUT2D eigenvalue weighted by molar-refractivity contribution is 6.02. The van der Waals surface area contributed by atoms with Gasteiger partial charge in [-0.2, -0.15) is 0 Å². The molecule has 0 fully saturated rings. The Labute approximate surface area is 404 Å². The lowest BCUT2D eigenvalue weighted by molar-refractivity contribution is 0.793. The molecule has 0 aromatic heterocycles. The number of rotatable bonds is 9. The molecule has 11 aromatic rings. The van der Waals surface area contributed by atoms with E-state index in [2.05, 4.69) is 289 Å². The first-order valence-electron chi connectivity index (χ1n) is 23.8. The molecular formula is C67H46N2. The molecule has 1 unspecified atom stereocenters. The normalized spacial score (nSPS) is 13.9. The third kappa shape index (κ3) is 6.56. The molecule has 11 aromatic carbocycles. The van der Waals surface area contributed by atoms with Crippen molar-refractivity contribution in [3.8, 4) is 55.6 Å². The van der Waals surface area contributed by atoms with Crippen LogP contribution in [-0.2, 0) is 5.41 Å². The summed E-state index contributed by atoms with van der Waals surface area (Å²) in [4.78, 5) is 4.91. The fourth-order valence-electron chi connectivity index (χ4n) is 11.3. The van der Waals surface area contributed by atoms with Gasteiger partial charge < -0.3 is 9.80 Å². The van der Waals surface area contributed by atoms with E-state index in [1.54, 1.807) is 0 Å². The maximum absolute atomic E-state index is 2.49. The van der Waals surface area contributed by atoms with E-state index in [1.165, 1.54) is 77.9 Å². The minimum Gasteiger partial charge on any atom is -0.310 e. The second-order valence-corrected chi connectivity index (χ2v) is 18.0. The molecule has 69 heavy (non-hydrogen) atoms. The van der Waals surface area contributed by atoms with Gasteiger partial charge in [-0.3, -0.25) is 0 Å². The number of nitrogens with zero attached hydrogens (tertiary/aromatic N) is 2. The Morgan fingerprint density at radius 2 is 0.609 bits per heavy atom. The summed E-state index contributed by atoms with van der Waals surface area (Å²) in [5.41, 5.74) is 23.4. The number of hydrogen-bond donors (Lipinski definition) is 0. The summed E-state index contributed by atoms with van der Waals surface area (Å²) in [6.45, 7) is 0. The van der Waals surface area contributed by atoms with Crippen LogP contribution < -0.4 is 9.80 Å². The number of fused-ring (bicyclic) bond motifs is 10. The average molecular weight is 879 g/mol. The van der Waals surface area contributed by atoms with Gasteiger partial charge in [0.15, 0.2) is 0 Å². The van der Waals surface area contributed by atoms with Crippen molar-refractivity contribution in [2.75, 3.05) is 9.80 Å². The highest BCUT2D eigenvalue weighted by Crippen LogP contribution is 2.65. The van der Waals surface area contributed by atoms with Crippen LogP contribution >= 0.6 is 0 Å². The van der Waals surface area contributed by atoms with Crippen LogP contribution in [0.15, 0.2) is 279 Å². The summed E-state index contributed by atoms with van der Waals surface area (Å²) in [6, 6.07) is 102. The number of anilines is 6. The Kier molecular flexibility index (Phi) is 9.77. The molecule has 0 saturated carbocycles. The second kappa shape index (κ2) is 16.7. The number of hydrogen-bond acceptors (Lipinski definition) is 2.